The van der Waals surface area contributed by atoms with E-state index in [1.807, 2.05) is 0 Å². The summed E-state index contributed by atoms with van der Waals surface area (Å²) in [5, 5.41) is 18.1. The summed E-state index contributed by atoms with van der Waals surface area (Å²) in [4.78, 5) is 21.5. The van der Waals surface area contributed by atoms with Gasteiger partial charge in [-0.05, 0) is 30.3 Å². The summed E-state index contributed by atoms with van der Waals surface area (Å²) in [6.45, 7) is -0.295. The highest BCUT2D eigenvalue weighted by Crippen LogP contribution is 2.22. The monoisotopic (exact) mass is 345 g/mol. The molecule has 0 N–H and O–H groups in total. The Hall–Kier alpha value is -3.69. The maximum Gasteiger partial charge on any atom is 0.433 e. The lowest BCUT2D eigenvalue weighted by molar-refractivity contribution is -0.402. The molecule has 0 aliphatic rings. The molecule has 0 radical (unpaired) electrons. The van der Waals surface area contributed by atoms with E-state index in [-0.39, 0.29) is 24.1 Å². The molecule has 3 aromatic rings. The Balaban J connectivity index is 1.62. The van der Waals surface area contributed by atoms with E-state index in [4.69, 9.17) is 18.3 Å². The van der Waals surface area contributed by atoms with Gasteiger partial charge in [-0.1, -0.05) is 0 Å². The smallest absolute Gasteiger partial charge is 0.433 e. The fourth-order valence-electron chi connectivity index (χ4n) is 1.90. The molecule has 10 heteroatoms. The van der Waals surface area contributed by atoms with Gasteiger partial charge in [0.15, 0.2) is 6.61 Å². The topological polar surface area (TPSA) is 131 Å². The average molecular weight is 345 g/mol. The van der Waals surface area contributed by atoms with Gasteiger partial charge in [0.25, 0.3) is 5.89 Å². The van der Waals surface area contributed by atoms with Crippen molar-refractivity contribution in [2.45, 2.75) is 6.61 Å². The lowest BCUT2D eigenvalue weighted by Crippen LogP contribution is -2.04. The molecule has 25 heavy (non-hydrogen) atoms. The van der Waals surface area contributed by atoms with Crippen molar-refractivity contribution in [3.8, 4) is 17.2 Å². The minimum absolute atomic E-state index is 0.0697. The number of benzene rings is 1. The summed E-state index contributed by atoms with van der Waals surface area (Å²) in [5.41, 5.74) is 0.674. The normalized spacial score (nSPS) is 10.4. The van der Waals surface area contributed by atoms with E-state index < -0.39 is 16.8 Å². The van der Waals surface area contributed by atoms with Gasteiger partial charge in [0.2, 0.25) is 11.7 Å². The van der Waals surface area contributed by atoms with Gasteiger partial charge in [-0.3, -0.25) is 10.1 Å². The second-order valence-corrected chi connectivity index (χ2v) is 4.70. The van der Waals surface area contributed by atoms with Gasteiger partial charge in [-0.15, -0.1) is 10.2 Å². The van der Waals surface area contributed by atoms with Crippen molar-refractivity contribution in [3.05, 3.63) is 58.2 Å². The van der Waals surface area contributed by atoms with E-state index >= 15 is 0 Å². The number of methoxy groups -OCH3 is 1. The first kappa shape index (κ1) is 16.2. The van der Waals surface area contributed by atoms with E-state index in [0.29, 0.717) is 11.3 Å². The fourth-order valence-corrected chi connectivity index (χ4v) is 1.90. The number of carbonyl (C=O) groups is 1. The predicted molar refractivity (Wildman–Crippen MR) is 80.8 cm³/mol. The predicted octanol–water partition coefficient (Wildman–Crippen LogP) is 2.60. The molecule has 128 valence electrons. The van der Waals surface area contributed by atoms with Crippen LogP contribution in [0.5, 0.6) is 5.75 Å². The first-order chi connectivity index (χ1) is 12.1. The molecule has 0 bridgehead atoms. The number of furan rings is 1. The highest BCUT2D eigenvalue weighted by Gasteiger charge is 2.19. The third-order valence-corrected chi connectivity index (χ3v) is 3.10. The van der Waals surface area contributed by atoms with Crippen molar-refractivity contribution < 1.29 is 28.0 Å². The van der Waals surface area contributed by atoms with Crippen LogP contribution in [0.1, 0.15) is 16.4 Å². The summed E-state index contributed by atoms with van der Waals surface area (Å²) in [7, 11) is 1.56. The van der Waals surface area contributed by atoms with Crippen LogP contribution in [0, 0.1) is 10.1 Å². The third-order valence-electron chi connectivity index (χ3n) is 3.10. The number of carbonyl (C=O) groups excluding carboxylic acids is 1. The molecule has 0 atom stereocenters. The first-order valence-corrected chi connectivity index (χ1v) is 6.95. The third kappa shape index (κ3) is 3.63. The molecule has 0 spiro atoms. The van der Waals surface area contributed by atoms with Gasteiger partial charge in [0, 0.05) is 5.56 Å². The zero-order valence-corrected chi connectivity index (χ0v) is 12.9. The van der Waals surface area contributed by atoms with Gasteiger partial charge in [-0.25, -0.2) is 4.79 Å². The van der Waals surface area contributed by atoms with Crippen molar-refractivity contribution in [3.63, 3.8) is 0 Å². The zero-order valence-electron chi connectivity index (χ0n) is 12.9. The molecule has 0 fully saturated rings. The van der Waals surface area contributed by atoms with Crippen LogP contribution in [-0.2, 0) is 11.3 Å². The molecular formula is C15H11N3O7. The molecule has 2 aromatic heterocycles. The van der Waals surface area contributed by atoms with Crippen LogP contribution in [-0.4, -0.2) is 28.2 Å². The molecule has 0 unspecified atom stereocenters. The van der Waals surface area contributed by atoms with Crippen LogP contribution in [0.25, 0.3) is 11.5 Å². The number of nitrogens with zero attached hydrogens (tertiary/aromatic N) is 3. The summed E-state index contributed by atoms with van der Waals surface area (Å²) in [5.74, 6) is -0.710. The molecule has 0 aliphatic heterocycles. The van der Waals surface area contributed by atoms with E-state index in [0.717, 1.165) is 12.1 Å². The number of aromatic nitrogens is 2. The summed E-state index contributed by atoms with van der Waals surface area (Å²) < 4.78 is 20.1. The van der Waals surface area contributed by atoms with Gasteiger partial charge in [-0.2, -0.15) is 0 Å². The van der Waals surface area contributed by atoms with Gasteiger partial charge >= 0.3 is 11.9 Å². The highest BCUT2D eigenvalue weighted by atomic mass is 16.7. The maximum atomic E-state index is 11.8. The van der Waals surface area contributed by atoms with Crippen LogP contribution in [0.3, 0.4) is 0 Å². The second kappa shape index (κ2) is 6.83. The van der Waals surface area contributed by atoms with Gasteiger partial charge < -0.3 is 18.3 Å². The lowest BCUT2D eigenvalue weighted by atomic mass is 10.2. The van der Waals surface area contributed by atoms with Crippen LogP contribution in [0.4, 0.5) is 5.88 Å². The van der Waals surface area contributed by atoms with Crippen molar-refractivity contribution in [2.24, 2.45) is 0 Å². The second-order valence-electron chi connectivity index (χ2n) is 4.70. The number of ether oxygens (including phenoxy) is 2. The highest BCUT2D eigenvalue weighted by molar-refractivity contribution is 5.86. The molecule has 0 saturated heterocycles. The average Bonchev–Trinajstić information content (AvgIpc) is 3.29. The molecular weight excluding hydrogens is 334 g/mol. The van der Waals surface area contributed by atoms with Gasteiger partial charge in [0.1, 0.15) is 10.7 Å². The largest absolute Gasteiger partial charge is 0.497 e. The number of rotatable bonds is 6. The van der Waals surface area contributed by atoms with Gasteiger partial charge in [0.05, 0.1) is 13.2 Å². The molecule has 10 nitrogen and oxygen atoms in total. The van der Waals surface area contributed by atoms with Crippen molar-refractivity contribution in [1.82, 2.24) is 10.2 Å². The van der Waals surface area contributed by atoms with E-state index in [1.54, 1.807) is 31.4 Å². The number of nitro groups is 1. The molecule has 0 amide bonds. The standard InChI is InChI=1S/C15H11N3O7/c1-22-10-4-2-9(3-5-10)14-17-16-12(25-14)8-23-15(19)11-6-7-13(24-11)18(20)21/h2-7H,8H2,1H3. The molecule has 2 heterocycles. The summed E-state index contributed by atoms with van der Waals surface area (Å²) in [6, 6.07) is 9.17. The van der Waals surface area contributed by atoms with Crippen molar-refractivity contribution in [2.75, 3.05) is 7.11 Å². The Labute approximate surface area is 140 Å². The summed E-state index contributed by atoms with van der Waals surface area (Å²) in [6.07, 6.45) is 0. The van der Waals surface area contributed by atoms with Crippen LogP contribution in [0.15, 0.2) is 45.2 Å². The quantitative estimate of drug-likeness (QED) is 0.375. The molecule has 3 rings (SSSR count). The molecule has 0 saturated carbocycles. The Morgan fingerprint density at radius 2 is 1.92 bits per heavy atom. The van der Waals surface area contributed by atoms with Crippen molar-refractivity contribution >= 4 is 11.9 Å². The Bertz CT molecular complexity index is 898. The molecule has 1 aromatic carbocycles. The van der Waals surface area contributed by atoms with Crippen LogP contribution < -0.4 is 4.74 Å². The SMILES string of the molecule is COc1ccc(-c2nnc(COC(=O)c3ccc([N+](=O)[O-])o3)o2)cc1. The number of hydrogen-bond acceptors (Lipinski definition) is 9. The number of hydrogen-bond donors (Lipinski definition) is 0. The van der Waals surface area contributed by atoms with E-state index in [1.165, 1.54) is 0 Å². The van der Waals surface area contributed by atoms with Crippen LogP contribution in [0.2, 0.25) is 0 Å². The Morgan fingerprint density at radius 3 is 2.56 bits per heavy atom. The van der Waals surface area contributed by atoms with Crippen molar-refractivity contribution in [1.29, 1.82) is 0 Å². The van der Waals surface area contributed by atoms with E-state index in [9.17, 15) is 14.9 Å². The Morgan fingerprint density at radius 1 is 1.16 bits per heavy atom. The zero-order chi connectivity index (χ0) is 17.8. The Kier molecular flexibility index (Phi) is 4.42. The summed E-state index contributed by atoms with van der Waals surface area (Å²) >= 11 is 0. The minimum atomic E-state index is -0.878. The first-order valence-electron chi connectivity index (χ1n) is 6.95. The lowest BCUT2D eigenvalue weighted by Gasteiger charge is -1.99. The van der Waals surface area contributed by atoms with Crippen LogP contribution >= 0.6 is 0 Å². The minimum Gasteiger partial charge on any atom is -0.497 e. The number of esters is 1. The van der Waals surface area contributed by atoms with E-state index in [2.05, 4.69) is 10.2 Å². The fraction of sp³-hybridized carbons (Fsp3) is 0.133. The maximum absolute atomic E-state index is 11.8. The molecule has 0 aliphatic carbocycles.